The molecule has 7 heteroatoms. The number of benzene rings is 1. The van der Waals surface area contributed by atoms with Gasteiger partial charge >= 0.3 is 0 Å². The van der Waals surface area contributed by atoms with Crippen LogP contribution >= 0.6 is 0 Å². The van der Waals surface area contributed by atoms with E-state index in [9.17, 15) is 8.42 Å². The first-order valence-corrected chi connectivity index (χ1v) is 8.79. The van der Waals surface area contributed by atoms with E-state index in [4.69, 9.17) is 4.74 Å². The van der Waals surface area contributed by atoms with Crippen molar-refractivity contribution in [2.24, 2.45) is 0 Å². The lowest BCUT2D eigenvalue weighted by Crippen LogP contribution is -2.13. The third kappa shape index (κ3) is 3.81. The van der Waals surface area contributed by atoms with Crippen molar-refractivity contribution in [2.45, 2.75) is 11.6 Å². The lowest BCUT2D eigenvalue weighted by molar-refractivity contribution is 0.306. The third-order valence-corrected chi connectivity index (χ3v) is 4.79. The molecule has 0 radical (unpaired) electrons. The van der Waals surface area contributed by atoms with E-state index in [1.165, 1.54) is 12.4 Å². The lowest BCUT2D eigenvalue weighted by atomic mass is 10.2. The quantitative estimate of drug-likeness (QED) is 0.510. The second-order valence-electron chi connectivity index (χ2n) is 4.89. The molecule has 0 spiro atoms. The number of aromatic nitrogens is 3. The Labute approximate surface area is 134 Å². The molecular formula is C16H15N3O3S. The van der Waals surface area contributed by atoms with Gasteiger partial charge in [0.25, 0.3) is 0 Å². The van der Waals surface area contributed by atoms with Crippen LogP contribution in [0.4, 0.5) is 0 Å². The summed E-state index contributed by atoms with van der Waals surface area (Å²) in [7, 11) is -3.47. The molecule has 0 amide bonds. The Morgan fingerprint density at radius 2 is 1.74 bits per heavy atom. The highest BCUT2D eigenvalue weighted by Crippen LogP contribution is 2.16. The number of ether oxygens (including phenoxy) is 1. The van der Waals surface area contributed by atoms with E-state index in [0.29, 0.717) is 12.3 Å². The fourth-order valence-electron chi connectivity index (χ4n) is 2.09. The Bertz CT molecular complexity index is 899. The molecule has 3 aromatic rings. The molecule has 0 fully saturated rings. The highest BCUT2D eigenvalue weighted by atomic mass is 32.2. The van der Waals surface area contributed by atoms with Crippen molar-refractivity contribution < 1.29 is 13.2 Å². The number of sulfone groups is 1. The number of hydrogen-bond acceptors (Lipinski definition) is 6. The van der Waals surface area contributed by atoms with Gasteiger partial charge in [-0.15, -0.1) is 0 Å². The minimum atomic E-state index is -3.47. The number of para-hydroxylation sites is 1. The smallest absolute Gasteiger partial charge is 0.246 e. The van der Waals surface area contributed by atoms with Crippen LogP contribution in [0.1, 0.15) is 6.42 Å². The molecule has 0 bridgehead atoms. The van der Waals surface area contributed by atoms with E-state index in [-0.39, 0.29) is 17.5 Å². The number of nitrogens with zero attached hydrogens (tertiary/aromatic N) is 3. The molecule has 2 heterocycles. The summed E-state index contributed by atoms with van der Waals surface area (Å²) in [5.41, 5.74) is 0.843. The first kappa shape index (κ1) is 15.4. The normalized spacial score (nSPS) is 11.5. The minimum absolute atomic E-state index is 0.0649. The van der Waals surface area contributed by atoms with Gasteiger partial charge in [0.15, 0.2) is 0 Å². The van der Waals surface area contributed by atoms with Crippen LogP contribution in [-0.4, -0.2) is 35.7 Å². The molecule has 0 saturated carbocycles. The van der Waals surface area contributed by atoms with Crippen molar-refractivity contribution in [3.05, 3.63) is 54.9 Å². The van der Waals surface area contributed by atoms with E-state index in [2.05, 4.69) is 15.0 Å². The maximum atomic E-state index is 12.0. The van der Waals surface area contributed by atoms with Crippen LogP contribution in [0.15, 0.2) is 60.0 Å². The van der Waals surface area contributed by atoms with Gasteiger partial charge < -0.3 is 4.74 Å². The van der Waals surface area contributed by atoms with E-state index in [1.54, 1.807) is 12.1 Å². The Hall–Kier alpha value is -2.54. The van der Waals surface area contributed by atoms with E-state index in [1.807, 2.05) is 30.3 Å². The summed E-state index contributed by atoms with van der Waals surface area (Å²) >= 11 is 0. The summed E-state index contributed by atoms with van der Waals surface area (Å²) in [5.74, 6) is 0.419. The molecule has 2 aromatic heterocycles. The number of rotatable bonds is 6. The van der Waals surface area contributed by atoms with Gasteiger partial charge in [-0.3, -0.25) is 0 Å². The van der Waals surface area contributed by atoms with Crippen LogP contribution in [0, 0.1) is 0 Å². The zero-order chi connectivity index (χ0) is 16.1. The van der Waals surface area contributed by atoms with Gasteiger partial charge in [0.1, 0.15) is 0 Å². The molecule has 0 aliphatic heterocycles. The Morgan fingerprint density at radius 1 is 0.957 bits per heavy atom. The lowest BCUT2D eigenvalue weighted by Gasteiger charge is -2.06. The molecule has 23 heavy (non-hydrogen) atoms. The zero-order valence-electron chi connectivity index (χ0n) is 12.3. The van der Waals surface area contributed by atoms with Gasteiger partial charge in [-0.05, 0) is 24.6 Å². The predicted octanol–water partition coefficient (Wildman–Crippen LogP) is 2.27. The maximum absolute atomic E-state index is 12.0. The van der Waals surface area contributed by atoms with Crippen LogP contribution in [-0.2, 0) is 9.84 Å². The molecule has 0 aliphatic carbocycles. The van der Waals surface area contributed by atoms with Crippen molar-refractivity contribution in [3.63, 3.8) is 0 Å². The molecular weight excluding hydrogens is 314 g/mol. The van der Waals surface area contributed by atoms with Crippen LogP contribution in [0.5, 0.6) is 5.88 Å². The van der Waals surface area contributed by atoms with Gasteiger partial charge in [-0.1, -0.05) is 18.2 Å². The first-order valence-electron chi connectivity index (χ1n) is 7.13. The highest BCUT2D eigenvalue weighted by molar-refractivity contribution is 7.91. The molecule has 0 saturated heterocycles. The third-order valence-electron chi connectivity index (χ3n) is 3.20. The highest BCUT2D eigenvalue weighted by Gasteiger charge is 2.16. The SMILES string of the molecule is O=S(=O)(CCCOc1ccc2ccccc2n1)c1ncccn1. The number of pyridine rings is 1. The van der Waals surface area contributed by atoms with Gasteiger partial charge in [-0.2, -0.15) is 0 Å². The summed E-state index contributed by atoms with van der Waals surface area (Å²) in [6.45, 7) is 0.261. The topological polar surface area (TPSA) is 82.0 Å². The van der Waals surface area contributed by atoms with Gasteiger partial charge in [0.2, 0.25) is 20.9 Å². The molecule has 118 valence electrons. The van der Waals surface area contributed by atoms with Gasteiger partial charge in [0, 0.05) is 23.8 Å². The van der Waals surface area contributed by atoms with Crippen molar-refractivity contribution >= 4 is 20.7 Å². The molecule has 6 nitrogen and oxygen atoms in total. The van der Waals surface area contributed by atoms with E-state index in [0.717, 1.165) is 10.9 Å². The Kier molecular flexibility index (Phi) is 4.47. The molecule has 3 rings (SSSR count). The molecule has 1 aromatic carbocycles. The second kappa shape index (κ2) is 6.70. The Morgan fingerprint density at radius 3 is 2.57 bits per heavy atom. The van der Waals surface area contributed by atoms with Crippen molar-refractivity contribution in [2.75, 3.05) is 12.4 Å². The van der Waals surface area contributed by atoms with Crippen molar-refractivity contribution in [1.82, 2.24) is 15.0 Å². The monoisotopic (exact) mass is 329 g/mol. The average molecular weight is 329 g/mol. The number of fused-ring (bicyclic) bond motifs is 1. The van der Waals surface area contributed by atoms with Crippen LogP contribution in [0.25, 0.3) is 10.9 Å². The average Bonchev–Trinajstić information content (AvgIpc) is 2.59. The summed E-state index contributed by atoms with van der Waals surface area (Å²) in [5, 5.41) is 0.882. The summed E-state index contributed by atoms with van der Waals surface area (Å²) in [6, 6.07) is 13.0. The van der Waals surface area contributed by atoms with E-state index >= 15 is 0 Å². The fraction of sp³-hybridized carbons (Fsp3) is 0.188. The molecule has 0 N–H and O–H groups in total. The predicted molar refractivity (Wildman–Crippen MR) is 85.9 cm³/mol. The summed E-state index contributed by atoms with van der Waals surface area (Å²) in [6.07, 6.45) is 3.17. The van der Waals surface area contributed by atoms with Crippen LogP contribution < -0.4 is 4.74 Å². The molecule has 0 atom stereocenters. The van der Waals surface area contributed by atoms with Crippen molar-refractivity contribution in [3.8, 4) is 5.88 Å². The first-order chi connectivity index (χ1) is 11.1. The number of hydrogen-bond donors (Lipinski definition) is 0. The zero-order valence-corrected chi connectivity index (χ0v) is 13.1. The summed E-state index contributed by atoms with van der Waals surface area (Å²) < 4.78 is 29.6. The molecule has 0 unspecified atom stereocenters. The van der Waals surface area contributed by atoms with Crippen LogP contribution in [0.2, 0.25) is 0 Å². The van der Waals surface area contributed by atoms with Crippen molar-refractivity contribution in [1.29, 1.82) is 0 Å². The second-order valence-corrected chi connectivity index (χ2v) is 6.90. The summed E-state index contributed by atoms with van der Waals surface area (Å²) in [4.78, 5) is 11.9. The van der Waals surface area contributed by atoms with Gasteiger partial charge in [-0.25, -0.2) is 23.4 Å². The van der Waals surface area contributed by atoms with E-state index < -0.39 is 9.84 Å². The standard InChI is InChI=1S/C16H15N3O3S/c20-23(21,16-17-9-3-10-18-16)12-4-11-22-15-8-7-13-5-1-2-6-14(13)19-15/h1-3,5-10H,4,11-12H2. The van der Waals surface area contributed by atoms with Crippen LogP contribution in [0.3, 0.4) is 0 Å². The fourth-order valence-corrected chi connectivity index (χ4v) is 3.21. The Balaban J connectivity index is 1.57. The minimum Gasteiger partial charge on any atom is -0.478 e. The largest absolute Gasteiger partial charge is 0.478 e. The molecule has 0 aliphatic rings. The van der Waals surface area contributed by atoms with Gasteiger partial charge in [0.05, 0.1) is 17.9 Å². The maximum Gasteiger partial charge on any atom is 0.246 e.